The van der Waals surface area contributed by atoms with Gasteiger partial charge >= 0.3 is 0 Å². The fourth-order valence-electron chi connectivity index (χ4n) is 2.10. The monoisotopic (exact) mass is 299 g/mol. The predicted molar refractivity (Wildman–Crippen MR) is 85.7 cm³/mol. The number of hydrogen-bond donors (Lipinski definition) is 2. The molecular formula is C15H14ClN5. The molecule has 0 spiro atoms. The third-order valence-corrected chi connectivity index (χ3v) is 3.41. The van der Waals surface area contributed by atoms with Crippen molar-refractivity contribution < 1.29 is 0 Å². The smallest absolute Gasteiger partial charge is 0.224 e. The largest absolute Gasteiger partial charge is 0.365 e. The van der Waals surface area contributed by atoms with Crippen molar-refractivity contribution in [3.8, 4) is 0 Å². The van der Waals surface area contributed by atoms with Gasteiger partial charge in [-0.1, -0.05) is 35.9 Å². The molecule has 2 N–H and O–H groups in total. The molecule has 0 radical (unpaired) electrons. The maximum atomic E-state index is 6.11. The molecule has 3 rings (SSSR count). The van der Waals surface area contributed by atoms with E-state index in [2.05, 4.69) is 25.6 Å². The molecule has 0 saturated heterocycles. The predicted octanol–water partition coefficient (Wildman–Crippen LogP) is 3.33. The van der Waals surface area contributed by atoms with E-state index in [1.54, 1.807) is 19.4 Å². The van der Waals surface area contributed by atoms with Crippen molar-refractivity contribution in [2.45, 2.75) is 6.54 Å². The first-order chi connectivity index (χ1) is 10.3. The highest BCUT2D eigenvalue weighted by Gasteiger charge is 2.06. The second-order valence-corrected chi connectivity index (χ2v) is 4.89. The van der Waals surface area contributed by atoms with Crippen molar-refractivity contribution in [3.05, 3.63) is 53.3 Å². The second-order valence-electron chi connectivity index (χ2n) is 4.49. The molecular weight excluding hydrogens is 286 g/mol. The highest BCUT2D eigenvalue weighted by Crippen LogP contribution is 2.21. The number of hydrogen-bond acceptors (Lipinski definition) is 5. The molecule has 0 fully saturated rings. The van der Waals surface area contributed by atoms with Crippen molar-refractivity contribution in [1.29, 1.82) is 0 Å². The van der Waals surface area contributed by atoms with Crippen LogP contribution in [0.25, 0.3) is 10.9 Å². The molecule has 0 saturated carbocycles. The number of fused-ring (bicyclic) bond motifs is 1. The minimum atomic E-state index is 0.488. The number of benzene rings is 1. The van der Waals surface area contributed by atoms with Crippen LogP contribution < -0.4 is 10.6 Å². The summed E-state index contributed by atoms with van der Waals surface area (Å²) in [5.41, 5.74) is 2.07. The average molecular weight is 300 g/mol. The van der Waals surface area contributed by atoms with E-state index in [4.69, 9.17) is 11.6 Å². The molecule has 5 nitrogen and oxygen atoms in total. The maximum Gasteiger partial charge on any atom is 0.224 e. The summed E-state index contributed by atoms with van der Waals surface area (Å²) in [6, 6.07) is 10.1. The van der Waals surface area contributed by atoms with E-state index in [1.807, 2.05) is 30.3 Å². The first kappa shape index (κ1) is 13.6. The van der Waals surface area contributed by atoms with Crippen LogP contribution in [-0.2, 0) is 6.54 Å². The van der Waals surface area contributed by atoms with Crippen LogP contribution in [0.15, 0.2) is 42.7 Å². The molecule has 106 valence electrons. The van der Waals surface area contributed by atoms with Crippen LogP contribution in [0, 0.1) is 0 Å². The van der Waals surface area contributed by atoms with Crippen molar-refractivity contribution in [2.75, 3.05) is 17.7 Å². The van der Waals surface area contributed by atoms with Crippen molar-refractivity contribution in [2.24, 2.45) is 0 Å². The molecule has 3 aromatic rings. The average Bonchev–Trinajstić information content (AvgIpc) is 2.54. The van der Waals surface area contributed by atoms with Crippen LogP contribution in [0.3, 0.4) is 0 Å². The van der Waals surface area contributed by atoms with Gasteiger partial charge in [-0.2, -0.15) is 4.98 Å². The van der Waals surface area contributed by atoms with Gasteiger partial charge in [-0.05, 0) is 11.6 Å². The molecule has 0 aliphatic heterocycles. The Morgan fingerprint density at radius 1 is 1.14 bits per heavy atom. The Kier molecular flexibility index (Phi) is 3.83. The fourth-order valence-corrected chi connectivity index (χ4v) is 2.26. The normalized spacial score (nSPS) is 10.6. The van der Waals surface area contributed by atoms with E-state index in [0.29, 0.717) is 23.3 Å². The minimum absolute atomic E-state index is 0.488. The summed E-state index contributed by atoms with van der Waals surface area (Å²) in [7, 11) is 1.77. The summed E-state index contributed by atoms with van der Waals surface area (Å²) in [6.07, 6.45) is 3.37. The SMILES string of the molecule is CNc1ncc(Cl)c(NCc2cccc3cccnc23)n1. The Balaban J connectivity index is 1.87. The molecule has 0 aliphatic carbocycles. The van der Waals surface area contributed by atoms with Gasteiger partial charge < -0.3 is 10.6 Å². The summed E-state index contributed by atoms with van der Waals surface area (Å²) in [4.78, 5) is 12.8. The topological polar surface area (TPSA) is 62.7 Å². The zero-order valence-corrected chi connectivity index (χ0v) is 12.2. The standard InChI is InChI=1S/C15H14ClN5/c1-17-15-20-9-12(16)14(21-15)19-8-11-5-2-4-10-6-3-7-18-13(10)11/h2-7,9H,8H2,1H3,(H2,17,19,20,21). The first-order valence-electron chi connectivity index (χ1n) is 6.54. The highest BCUT2D eigenvalue weighted by atomic mass is 35.5. The third-order valence-electron chi connectivity index (χ3n) is 3.13. The number of nitrogens with one attached hydrogen (secondary N) is 2. The molecule has 0 unspecified atom stereocenters. The first-order valence-corrected chi connectivity index (χ1v) is 6.92. The maximum absolute atomic E-state index is 6.11. The van der Waals surface area contributed by atoms with E-state index in [-0.39, 0.29) is 0 Å². The lowest BCUT2D eigenvalue weighted by Gasteiger charge is -2.10. The molecule has 0 aliphatic rings. The number of pyridine rings is 1. The Bertz CT molecular complexity index is 770. The van der Waals surface area contributed by atoms with Crippen LogP contribution in [0.1, 0.15) is 5.56 Å². The molecule has 21 heavy (non-hydrogen) atoms. The summed E-state index contributed by atoms with van der Waals surface area (Å²) in [5, 5.41) is 7.72. The number of halogens is 1. The fraction of sp³-hybridized carbons (Fsp3) is 0.133. The van der Waals surface area contributed by atoms with Gasteiger partial charge in [0.25, 0.3) is 0 Å². The summed E-state index contributed by atoms with van der Waals surface area (Å²) < 4.78 is 0. The van der Waals surface area contributed by atoms with Crippen LogP contribution in [0.4, 0.5) is 11.8 Å². The highest BCUT2D eigenvalue weighted by molar-refractivity contribution is 6.32. The quantitative estimate of drug-likeness (QED) is 0.773. The summed E-state index contributed by atoms with van der Waals surface area (Å²) in [5.74, 6) is 1.13. The van der Waals surface area contributed by atoms with Crippen molar-refractivity contribution in [1.82, 2.24) is 15.0 Å². The van der Waals surface area contributed by atoms with Crippen molar-refractivity contribution in [3.63, 3.8) is 0 Å². The molecule has 0 atom stereocenters. The van der Waals surface area contributed by atoms with E-state index in [1.165, 1.54) is 0 Å². The van der Waals surface area contributed by atoms with Crippen LogP contribution in [-0.4, -0.2) is 22.0 Å². The van der Waals surface area contributed by atoms with E-state index >= 15 is 0 Å². The number of para-hydroxylation sites is 1. The lowest BCUT2D eigenvalue weighted by Crippen LogP contribution is -2.05. The van der Waals surface area contributed by atoms with E-state index in [0.717, 1.165) is 16.5 Å². The number of rotatable bonds is 4. The molecule has 0 bridgehead atoms. The van der Waals surface area contributed by atoms with Crippen molar-refractivity contribution >= 4 is 34.3 Å². The Labute approximate surface area is 127 Å². The van der Waals surface area contributed by atoms with Crippen LogP contribution in [0.5, 0.6) is 0 Å². The Morgan fingerprint density at radius 3 is 2.86 bits per heavy atom. The van der Waals surface area contributed by atoms with Gasteiger partial charge in [0.05, 0.1) is 11.7 Å². The van der Waals surface area contributed by atoms with Gasteiger partial charge in [-0.3, -0.25) is 4.98 Å². The lowest BCUT2D eigenvalue weighted by molar-refractivity contribution is 1.08. The molecule has 2 heterocycles. The lowest BCUT2D eigenvalue weighted by atomic mass is 10.1. The molecule has 2 aromatic heterocycles. The minimum Gasteiger partial charge on any atom is -0.365 e. The Morgan fingerprint density at radius 2 is 2.00 bits per heavy atom. The zero-order valence-electron chi connectivity index (χ0n) is 11.5. The second kappa shape index (κ2) is 5.93. The summed E-state index contributed by atoms with van der Waals surface area (Å²) in [6.45, 7) is 0.592. The Hall–Kier alpha value is -2.40. The number of aromatic nitrogens is 3. The number of nitrogens with zero attached hydrogens (tertiary/aromatic N) is 3. The van der Waals surface area contributed by atoms with Gasteiger partial charge in [-0.25, -0.2) is 4.98 Å². The zero-order chi connectivity index (χ0) is 14.7. The van der Waals surface area contributed by atoms with Crippen LogP contribution >= 0.6 is 11.6 Å². The van der Waals surface area contributed by atoms with Gasteiger partial charge in [0.15, 0.2) is 5.82 Å². The summed E-state index contributed by atoms with van der Waals surface area (Å²) >= 11 is 6.11. The molecule has 1 aromatic carbocycles. The van der Waals surface area contributed by atoms with E-state index in [9.17, 15) is 0 Å². The van der Waals surface area contributed by atoms with E-state index < -0.39 is 0 Å². The van der Waals surface area contributed by atoms with Gasteiger partial charge in [0.1, 0.15) is 5.02 Å². The number of anilines is 2. The van der Waals surface area contributed by atoms with Gasteiger partial charge in [0.2, 0.25) is 5.95 Å². The van der Waals surface area contributed by atoms with Gasteiger partial charge in [-0.15, -0.1) is 0 Å². The molecule has 6 heteroatoms. The third kappa shape index (κ3) is 2.87. The van der Waals surface area contributed by atoms with Gasteiger partial charge in [0, 0.05) is 25.2 Å². The molecule has 0 amide bonds. The van der Waals surface area contributed by atoms with Crippen LogP contribution in [0.2, 0.25) is 5.02 Å².